The van der Waals surface area contributed by atoms with Crippen molar-refractivity contribution in [1.82, 2.24) is 10.3 Å². The van der Waals surface area contributed by atoms with Crippen molar-refractivity contribution < 1.29 is 4.74 Å². The number of hydrogen-bond acceptors (Lipinski definition) is 4. The SMILES string of the molecule is CCCNCCc1csc(CC2CCCO2)n1. The van der Waals surface area contributed by atoms with Crippen LogP contribution >= 0.6 is 11.3 Å². The number of nitrogens with zero attached hydrogens (tertiary/aromatic N) is 1. The van der Waals surface area contributed by atoms with Crippen molar-refractivity contribution >= 4 is 11.3 Å². The summed E-state index contributed by atoms with van der Waals surface area (Å²) in [5, 5.41) is 6.84. The smallest absolute Gasteiger partial charge is 0.0954 e. The van der Waals surface area contributed by atoms with Gasteiger partial charge in [-0.15, -0.1) is 11.3 Å². The first-order chi connectivity index (χ1) is 8.38. The van der Waals surface area contributed by atoms with Gasteiger partial charge in [-0.1, -0.05) is 6.92 Å². The third-order valence-corrected chi connectivity index (χ3v) is 3.93. The predicted molar refractivity (Wildman–Crippen MR) is 71.7 cm³/mol. The van der Waals surface area contributed by atoms with E-state index in [-0.39, 0.29) is 0 Å². The quantitative estimate of drug-likeness (QED) is 0.759. The second kappa shape index (κ2) is 7.09. The lowest BCUT2D eigenvalue weighted by atomic mass is 10.2. The van der Waals surface area contributed by atoms with Crippen molar-refractivity contribution in [3.63, 3.8) is 0 Å². The van der Waals surface area contributed by atoms with Crippen LogP contribution in [0.4, 0.5) is 0 Å². The van der Waals surface area contributed by atoms with E-state index in [1.807, 2.05) is 0 Å². The Kier molecular flexibility index (Phi) is 5.42. The largest absolute Gasteiger partial charge is 0.378 e. The Morgan fingerprint density at radius 3 is 3.24 bits per heavy atom. The van der Waals surface area contributed by atoms with Gasteiger partial charge in [-0.2, -0.15) is 0 Å². The first-order valence-corrected chi connectivity index (χ1v) is 7.52. The maximum absolute atomic E-state index is 5.63. The third kappa shape index (κ3) is 4.37. The Labute approximate surface area is 108 Å². The van der Waals surface area contributed by atoms with E-state index in [4.69, 9.17) is 4.74 Å². The zero-order chi connectivity index (χ0) is 11.9. The van der Waals surface area contributed by atoms with Gasteiger partial charge in [-0.25, -0.2) is 4.98 Å². The molecule has 1 aliphatic heterocycles. The van der Waals surface area contributed by atoms with E-state index in [9.17, 15) is 0 Å². The Morgan fingerprint density at radius 1 is 1.53 bits per heavy atom. The second-order valence-electron chi connectivity index (χ2n) is 4.57. The summed E-state index contributed by atoms with van der Waals surface area (Å²) in [5.74, 6) is 0. The van der Waals surface area contributed by atoms with Crippen LogP contribution < -0.4 is 5.32 Å². The van der Waals surface area contributed by atoms with Gasteiger partial charge in [0.15, 0.2) is 0 Å². The van der Waals surface area contributed by atoms with Gasteiger partial charge < -0.3 is 10.1 Å². The molecule has 1 aromatic heterocycles. The van der Waals surface area contributed by atoms with E-state index < -0.39 is 0 Å². The van der Waals surface area contributed by atoms with Gasteiger partial charge in [0.2, 0.25) is 0 Å². The average molecular weight is 254 g/mol. The van der Waals surface area contributed by atoms with E-state index in [2.05, 4.69) is 22.6 Å². The van der Waals surface area contributed by atoms with Crippen LogP contribution in [0.5, 0.6) is 0 Å². The summed E-state index contributed by atoms with van der Waals surface area (Å²) in [6.07, 6.45) is 6.08. The molecule has 0 bridgehead atoms. The second-order valence-corrected chi connectivity index (χ2v) is 5.51. The van der Waals surface area contributed by atoms with Crippen molar-refractivity contribution in [1.29, 1.82) is 0 Å². The van der Waals surface area contributed by atoms with Gasteiger partial charge in [0.05, 0.1) is 16.8 Å². The van der Waals surface area contributed by atoms with E-state index >= 15 is 0 Å². The van der Waals surface area contributed by atoms with Gasteiger partial charge in [-0.3, -0.25) is 0 Å². The van der Waals surface area contributed by atoms with Crippen LogP contribution in [-0.2, 0) is 17.6 Å². The average Bonchev–Trinajstić information content (AvgIpc) is 2.97. The fourth-order valence-corrected chi connectivity index (χ4v) is 2.97. The molecule has 0 spiro atoms. The molecule has 0 saturated carbocycles. The lowest BCUT2D eigenvalue weighted by Crippen LogP contribution is -2.18. The Balaban J connectivity index is 1.71. The summed E-state index contributed by atoms with van der Waals surface area (Å²) in [7, 11) is 0. The molecule has 96 valence electrons. The molecule has 0 aromatic carbocycles. The van der Waals surface area contributed by atoms with Crippen LogP contribution in [0.15, 0.2) is 5.38 Å². The first-order valence-electron chi connectivity index (χ1n) is 6.64. The Morgan fingerprint density at radius 2 is 2.47 bits per heavy atom. The van der Waals surface area contributed by atoms with E-state index in [1.54, 1.807) is 11.3 Å². The normalized spacial score (nSPS) is 19.9. The molecular weight excluding hydrogens is 232 g/mol. The molecule has 1 fully saturated rings. The van der Waals surface area contributed by atoms with E-state index in [0.717, 1.165) is 32.5 Å². The highest BCUT2D eigenvalue weighted by atomic mass is 32.1. The van der Waals surface area contributed by atoms with Crippen LogP contribution in [0.25, 0.3) is 0 Å². The summed E-state index contributed by atoms with van der Waals surface area (Å²) in [4.78, 5) is 4.67. The molecule has 2 heterocycles. The lowest BCUT2D eigenvalue weighted by Gasteiger charge is -2.05. The minimum absolute atomic E-state index is 0.423. The van der Waals surface area contributed by atoms with Crippen molar-refractivity contribution in [3.8, 4) is 0 Å². The fraction of sp³-hybridized carbons (Fsp3) is 0.769. The van der Waals surface area contributed by atoms with Crippen LogP contribution in [0, 0.1) is 0 Å². The topological polar surface area (TPSA) is 34.1 Å². The van der Waals surface area contributed by atoms with Crippen molar-refractivity contribution in [3.05, 3.63) is 16.1 Å². The highest BCUT2D eigenvalue weighted by Crippen LogP contribution is 2.19. The summed E-state index contributed by atoms with van der Waals surface area (Å²) in [6.45, 7) is 5.27. The molecule has 0 radical (unpaired) electrons. The van der Waals surface area contributed by atoms with Crippen molar-refractivity contribution in [2.24, 2.45) is 0 Å². The molecule has 1 aromatic rings. The molecule has 3 nitrogen and oxygen atoms in total. The van der Waals surface area contributed by atoms with E-state index in [0.29, 0.717) is 6.10 Å². The molecule has 1 N–H and O–H groups in total. The van der Waals surface area contributed by atoms with Crippen LogP contribution in [0.2, 0.25) is 0 Å². The summed E-state index contributed by atoms with van der Waals surface area (Å²) in [6, 6.07) is 0. The van der Waals surface area contributed by atoms with Crippen LogP contribution in [-0.4, -0.2) is 30.8 Å². The molecule has 1 atom stereocenters. The molecule has 1 saturated heterocycles. The minimum Gasteiger partial charge on any atom is -0.378 e. The van der Waals surface area contributed by atoms with Crippen LogP contribution in [0.3, 0.4) is 0 Å². The summed E-state index contributed by atoms with van der Waals surface area (Å²) >= 11 is 1.78. The zero-order valence-corrected chi connectivity index (χ0v) is 11.4. The number of ether oxygens (including phenoxy) is 1. The van der Waals surface area contributed by atoms with Crippen LogP contribution in [0.1, 0.15) is 36.9 Å². The lowest BCUT2D eigenvalue weighted by molar-refractivity contribution is 0.111. The van der Waals surface area contributed by atoms with E-state index in [1.165, 1.54) is 30.0 Å². The molecule has 4 heteroatoms. The summed E-state index contributed by atoms with van der Waals surface area (Å²) in [5.41, 5.74) is 1.23. The van der Waals surface area contributed by atoms with Gasteiger partial charge >= 0.3 is 0 Å². The highest BCUT2D eigenvalue weighted by Gasteiger charge is 2.17. The maximum atomic E-state index is 5.63. The van der Waals surface area contributed by atoms with Crippen molar-refractivity contribution in [2.75, 3.05) is 19.7 Å². The molecule has 17 heavy (non-hydrogen) atoms. The maximum Gasteiger partial charge on any atom is 0.0954 e. The van der Waals surface area contributed by atoms with Gasteiger partial charge in [0, 0.05) is 31.4 Å². The molecule has 0 amide bonds. The number of aromatic nitrogens is 1. The number of rotatable bonds is 7. The van der Waals surface area contributed by atoms with Crippen molar-refractivity contribution in [2.45, 2.75) is 45.1 Å². The molecule has 1 aliphatic rings. The number of hydrogen-bond donors (Lipinski definition) is 1. The minimum atomic E-state index is 0.423. The summed E-state index contributed by atoms with van der Waals surface area (Å²) < 4.78 is 5.63. The molecular formula is C13H22N2OS. The zero-order valence-electron chi connectivity index (χ0n) is 10.6. The molecule has 0 aliphatic carbocycles. The molecule has 2 rings (SSSR count). The van der Waals surface area contributed by atoms with Gasteiger partial charge in [0.1, 0.15) is 0 Å². The number of thiazole rings is 1. The predicted octanol–water partition coefficient (Wildman–Crippen LogP) is 2.41. The van der Waals surface area contributed by atoms with Gasteiger partial charge in [0.25, 0.3) is 0 Å². The number of nitrogens with one attached hydrogen (secondary N) is 1. The Bertz CT molecular complexity index is 321. The molecule has 1 unspecified atom stereocenters. The first kappa shape index (κ1) is 13.0. The fourth-order valence-electron chi connectivity index (χ4n) is 2.08. The monoisotopic (exact) mass is 254 g/mol. The standard InChI is InChI=1S/C13H22N2OS/c1-2-6-14-7-5-11-10-17-13(15-11)9-12-4-3-8-16-12/h10,12,14H,2-9H2,1H3. The highest BCUT2D eigenvalue weighted by molar-refractivity contribution is 7.09. The Hall–Kier alpha value is -0.450. The van der Waals surface area contributed by atoms with Gasteiger partial charge in [-0.05, 0) is 25.8 Å². The third-order valence-electron chi connectivity index (χ3n) is 3.01.